The largest absolute Gasteiger partial charge is 0.462 e. The lowest BCUT2D eigenvalue weighted by Gasteiger charge is -2.18. The molecule has 0 aromatic rings. The van der Waals surface area contributed by atoms with E-state index in [2.05, 4.69) is 69.4 Å². The minimum absolute atomic E-state index is 0.0795. The first kappa shape index (κ1) is 60.4. The number of rotatable bonds is 49. The first-order valence-corrected chi connectivity index (χ1v) is 27.1. The fraction of sp³-hybridized carbons (Fsp3) is 0.807. The molecule has 366 valence electrons. The number of hydrogen-bond acceptors (Lipinski definition) is 6. The molecule has 0 saturated carbocycles. The Morgan fingerprint density at radius 3 is 0.984 bits per heavy atom. The van der Waals surface area contributed by atoms with E-state index in [0.717, 1.165) is 83.5 Å². The summed E-state index contributed by atoms with van der Waals surface area (Å²) < 4.78 is 16.8. The highest BCUT2D eigenvalue weighted by atomic mass is 16.6. The van der Waals surface area contributed by atoms with E-state index in [1.54, 1.807) is 0 Å². The van der Waals surface area contributed by atoms with Crippen LogP contribution in [0.1, 0.15) is 278 Å². The fourth-order valence-corrected chi connectivity index (χ4v) is 7.67. The first-order chi connectivity index (χ1) is 31.0. The van der Waals surface area contributed by atoms with Crippen molar-refractivity contribution in [3.8, 4) is 0 Å². The van der Waals surface area contributed by atoms with Crippen LogP contribution in [0.4, 0.5) is 0 Å². The molecular weight excluding hydrogens is 781 g/mol. The van der Waals surface area contributed by atoms with Crippen LogP contribution in [-0.4, -0.2) is 37.2 Å². The molecule has 0 rings (SSSR count). The van der Waals surface area contributed by atoms with E-state index < -0.39 is 6.10 Å². The molecule has 0 saturated heterocycles. The lowest BCUT2D eigenvalue weighted by atomic mass is 10.0. The Kier molecular flexibility index (Phi) is 49.8. The minimum Gasteiger partial charge on any atom is -0.462 e. The molecule has 0 N–H and O–H groups in total. The molecule has 0 amide bonds. The zero-order valence-electron chi connectivity index (χ0n) is 41.8. The van der Waals surface area contributed by atoms with Crippen molar-refractivity contribution in [3.63, 3.8) is 0 Å². The summed E-state index contributed by atoms with van der Waals surface area (Å²) in [6.07, 6.45) is 62.3. The lowest BCUT2D eigenvalue weighted by Crippen LogP contribution is -2.30. The fourth-order valence-electron chi connectivity index (χ4n) is 7.67. The number of unbranched alkanes of at least 4 members (excludes halogenated alkanes) is 30. The highest BCUT2D eigenvalue weighted by molar-refractivity contribution is 5.71. The van der Waals surface area contributed by atoms with Gasteiger partial charge in [-0.3, -0.25) is 14.4 Å². The molecule has 0 aliphatic heterocycles. The van der Waals surface area contributed by atoms with Gasteiger partial charge in [0.2, 0.25) is 0 Å². The molecule has 0 fully saturated rings. The van der Waals surface area contributed by atoms with Crippen LogP contribution in [0.2, 0.25) is 0 Å². The van der Waals surface area contributed by atoms with E-state index in [0.29, 0.717) is 19.3 Å². The summed E-state index contributed by atoms with van der Waals surface area (Å²) in [5.74, 6) is -0.891. The Morgan fingerprint density at radius 2 is 0.587 bits per heavy atom. The molecule has 1 atom stereocenters. The molecule has 0 aliphatic rings. The van der Waals surface area contributed by atoms with Gasteiger partial charge in [-0.05, 0) is 77.0 Å². The molecule has 0 heterocycles. The molecule has 0 bridgehead atoms. The molecule has 0 radical (unpaired) electrons. The van der Waals surface area contributed by atoms with Gasteiger partial charge in [-0.2, -0.15) is 0 Å². The van der Waals surface area contributed by atoms with Crippen molar-refractivity contribution >= 4 is 17.9 Å². The Labute approximate surface area is 390 Å². The average Bonchev–Trinajstić information content (AvgIpc) is 3.28. The van der Waals surface area contributed by atoms with Crippen LogP contribution in [-0.2, 0) is 28.6 Å². The summed E-state index contributed by atoms with van der Waals surface area (Å²) in [7, 11) is 0. The van der Waals surface area contributed by atoms with E-state index in [4.69, 9.17) is 14.2 Å². The summed E-state index contributed by atoms with van der Waals surface area (Å²) in [5, 5.41) is 0. The van der Waals surface area contributed by atoms with Crippen molar-refractivity contribution in [1.82, 2.24) is 0 Å². The van der Waals surface area contributed by atoms with Gasteiger partial charge in [-0.15, -0.1) is 0 Å². The maximum atomic E-state index is 12.8. The van der Waals surface area contributed by atoms with Crippen molar-refractivity contribution < 1.29 is 28.6 Å². The maximum absolute atomic E-state index is 12.8. The average molecular weight is 883 g/mol. The third-order valence-corrected chi connectivity index (χ3v) is 11.8. The van der Waals surface area contributed by atoms with Crippen LogP contribution in [0.3, 0.4) is 0 Å². The van der Waals surface area contributed by atoms with Gasteiger partial charge in [0.1, 0.15) is 13.2 Å². The van der Waals surface area contributed by atoms with Gasteiger partial charge in [0.25, 0.3) is 0 Å². The Morgan fingerprint density at radius 1 is 0.317 bits per heavy atom. The van der Waals surface area contributed by atoms with E-state index in [-0.39, 0.29) is 31.1 Å². The highest BCUT2D eigenvalue weighted by Crippen LogP contribution is 2.16. The van der Waals surface area contributed by atoms with Crippen molar-refractivity contribution in [2.24, 2.45) is 0 Å². The highest BCUT2D eigenvalue weighted by Gasteiger charge is 2.19. The van der Waals surface area contributed by atoms with E-state index in [9.17, 15) is 14.4 Å². The van der Waals surface area contributed by atoms with Gasteiger partial charge >= 0.3 is 17.9 Å². The van der Waals surface area contributed by atoms with Gasteiger partial charge in [-0.25, -0.2) is 0 Å². The number of hydrogen-bond donors (Lipinski definition) is 0. The van der Waals surface area contributed by atoms with Crippen LogP contribution >= 0.6 is 0 Å². The van der Waals surface area contributed by atoms with Crippen molar-refractivity contribution in [2.75, 3.05) is 13.2 Å². The predicted octanol–water partition coefficient (Wildman–Crippen LogP) is 17.9. The second-order valence-corrected chi connectivity index (χ2v) is 18.1. The van der Waals surface area contributed by atoms with Crippen LogP contribution < -0.4 is 0 Å². The molecular formula is C57H102O6. The quantitative estimate of drug-likeness (QED) is 0.0262. The molecule has 6 heteroatoms. The van der Waals surface area contributed by atoms with Crippen molar-refractivity contribution in [2.45, 2.75) is 284 Å². The van der Waals surface area contributed by atoms with E-state index in [1.165, 1.54) is 154 Å². The molecule has 0 aromatic carbocycles. The summed E-state index contributed by atoms with van der Waals surface area (Å²) in [4.78, 5) is 38.0. The number of carbonyl (C=O) groups excluding carboxylic acids is 3. The summed E-state index contributed by atoms with van der Waals surface area (Å²) in [5.41, 5.74) is 0. The maximum Gasteiger partial charge on any atom is 0.306 e. The van der Waals surface area contributed by atoms with Crippen molar-refractivity contribution in [3.05, 3.63) is 48.6 Å². The number of allylic oxidation sites excluding steroid dienone is 8. The third-order valence-electron chi connectivity index (χ3n) is 11.8. The molecule has 0 aliphatic carbocycles. The Bertz CT molecular complexity index is 1110. The Hall–Kier alpha value is -2.63. The first-order valence-electron chi connectivity index (χ1n) is 27.1. The summed E-state index contributed by atoms with van der Waals surface area (Å²) in [6, 6.07) is 0. The van der Waals surface area contributed by atoms with Crippen molar-refractivity contribution in [1.29, 1.82) is 0 Å². The van der Waals surface area contributed by atoms with Gasteiger partial charge in [0, 0.05) is 19.3 Å². The molecule has 63 heavy (non-hydrogen) atoms. The van der Waals surface area contributed by atoms with Crippen LogP contribution in [0.15, 0.2) is 48.6 Å². The minimum atomic E-state index is -0.778. The topological polar surface area (TPSA) is 78.9 Å². The lowest BCUT2D eigenvalue weighted by molar-refractivity contribution is -0.167. The monoisotopic (exact) mass is 883 g/mol. The predicted molar refractivity (Wildman–Crippen MR) is 270 cm³/mol. The second-order valence-electron chi connectivity index (χ2n) is 18.1. The Balaban J connectivity index is 4.35. The molecule has 6 nitrogen and oxygen atoms in total. The molecule has 0 unspecified atom stereocenters. The number of carbonyl (C=O) groups is 3. The SMILES string of the molecule is CCCC/C=C\CCCCCCCC(=O)OC[C@H](COC(=O)CCCCCCCC/C=C\C/C=C\C/C=C\CCCCC)OC(=O)CCCCCCCCCCCCCCCCC. The van der Waals surface area contributed by atoms with Gasteiger partial charge in [-0.1, -0.05) is 230 Å². The number of esters is 3. The molecule has 0 aromatic heterocycles. The van der Waals surface area contributed by atoms with Gasteiger partial charge in [0.05, 0.1) is 0 Å². The smallest absolute Gasteiger partial charge is 0.306 e. The third kappa shape index (κ3) is 50.2. The molecule has 0 spiro atoms. The van der Waals surface area contributed by atoms with E-state index >= 15 is 0 Å². The summed E-state index contributed by atoms with van der Waals surface area (Å²) >= 11 is 0. The standard InChI is InChI=1S/C57H102O6/c1-4-7-10-13-16-19-22-24-26-27-28-29-31-32-35-38-41-44-47-50-56(59)62-53-54(52-61-55(58)49-46-43-40-37-34-21-18-15-12-9-6-3)63-57(60)51-48-45-42-39-36-33-30-25-23-20-17-14-11-8-5-2/h15-16,18-19,24,26,28-29,54H,4-14,17,20-23,25,27,30-53H2,1-3H3/b18-15-,19-16-,26-24-,29-28-/t54-/m1/s1. The number of ether oxygens (including phenoxy) is 3. The van der Waals surface area contributed by atoms with Gasteiger partial charge in [0.15, 0.2) is 6.10 Å². The normalized spacial score (nSPS) is 12.4. The van der Waals surface area contributed by atoms with Crippen LogP contribution in [0.5, 0.6) is 0 Å². The van der Waals surface area contributed by atoms with E-state index in [1.807, 2.05) is 0 Å². The van der Waals surface area contributed by atoms with Crippen LogP contribution in [0.25, 0.3) is 0 Å². The van der Waals surface area contributed by atoms with Crippen LogP contribution in [0, 0.1) is 0 Å². The zero-order valence-corrected chi connectivity index (χ0v) is 41.8. The summed E-state index contributed by atoms with van der Waals surface area (Å²) in [6.45, 7) is 6.58. The zero-order chi connectivity index (χ0) is 45.8. The van der Waals surface area contributed by atoms with Gasteiger partial charge < -0.3 is 14.2 Å². The second kappa shape index (κ2) is 52.0.